The molecule has 9 aromatic rings. The zero-order valence-electron chi connectivity index (χ0n) is 49.1. The van der Waals surface area contributed by atoms with Gasteiger partial charge in [-0.2, -0.15) is 6.07 Å². The minimum atomic E-state index is -0.291. The summed E-state index contributed by atoms with van der Waals surface area (Å²) in [7, 11) is 0. The Morgan fingerprint density at radius 3 is 1.05 bits per heavy atom. The fourth-order valence-corrected chi connectivity index (χ4v) is 12.1. The second kappa shape index (κ2) is 32.4. The molecule has 13 heteroatoms. The van der Waals surface area contributed by atoms with Gasteiger partial charge in [0, 0.05) is 153 Å². The van der Waals surface area contributed by atoms with Gasteiger partial charge in [-0.15, -0.1) is 14.6 Å². The first-order valence-corrected chi connectivity index (χ1v) is 29.8. The van der Waals surface area contributed by atoms with Crippen molar-refractivity contribution in [2.45, 2.75) is 164 Å². The number of rotatable bonds is 13. The van der Waals surface area contributed by atoms with Crippen LogP contribution in [0.4, 0.5) is 4.39 Å². The maximum atomic E-state index is 13.1. The third-order valence-corrected chi connectivity index (χ3v) is 19.2. The quantitative estimate of drug-likeness (QED) is 0.108. The van der Waals surface area contributed by atoms with Crippen molar-refractivity contribution in [2.75, 3.05) is 0 Å². The molecule has 9 rings (SSSR count). The number of benzene rings is 1. The summed E-state index contributed by atoms with van der Waals surface area (Å²) in [4.78, 5) is 27.5. The first-order valence-electron chi connectivity index (χ1n) is 26.5. The van der Waals surface area contributed by atoms with Crippen molar-refractivity contribution in [2.24, 2.45) is 0 Å². The fourth-order valence-electron chi connectivity index (χ4n) is 8.18. The van der Waals surface area contributed by atoms with Crippen molar-refractivity contribution in [3.63, 3.8) is 0 Å². The Kier molecular flexibility index (Phi) is 29.7. The Hall–Kier alpha value is -2.85. The number of pyridine rings is 4. The van der Waals surface area contributed by atoms with Crippen LogP contribution >= 0.6 is 45.3 Å². The van der Waals surface area contributed by atoms with Crippen molar-refractivity contribution in [3.8, 4) is 10.4 Å². The number of thiophene rings is 4. The Morgan fingerprint density at radius 2 is 0.725 bits per heavy atom. The molecule has 0 spiro atoms. The van der Waals surface area contributed by atoms with Gasteiger partial charge in [0.1, 0.15) is 0 Å². The first kappa shape index (κ1) is 73.2. The van der Waals surface area contributed by atoms with E-state index in [4.69, 9.17) is 15.0 Å². The molecule has 0 saturated carbocycles. The van der Waals surface area contributed by atoms with Crippen LogP contribution in [0.25, 0.3) is 10.4 Å². The van der Waals surface area contributed by atoms with Crippen LogP contribution < -0.4 is 0 Å². The number of nitrogens with zero attached hydrogens (tertiary/aromatic N) is 4. The fraction of sp³-hybridized carbons (Fsp3) is 0.373. The molecule has 0 aliphatic rings. The first-order chi connectivity index (χ1) is 35.9. The zero-order valence-corrected chi connectivity index (χ0v) is 61.9. The minimum absolute atomic E-state index is 0. The molecule has 0 fully saturated rings. The predicted octanol–water partition coefficient (Wildman–Crippen LogP) is 18.7. The van der Waals surface area contributed by atoms with Crippen LogP contribution in [-0.4, -0.2) is 19.9 Å². The molecule has 8 aromatic heterocycles. The molecule has 0 aliphatic heterocycles. The van der Waals surface area contributed by atoms with Crippen molar-refractivity contribution < 1.29 is 84.8 Å². The molecule has 80 heavy (non-hydrogen) atoms. The summed E-state index contributed by atoms with van der Waals surface area (Å²) in [5.74, 6) is 0. The molecule has 4 nitrogen and oxygen atoms in total. The third-order valence-electron chi connectivity index (χ3n) is 13.6. The summed E-state index contributed by atoms with van der Waals surface area (Å²) in [5, 5.41) is -0.195. The van der Waals surface area contributed by atoms with Crippen LogP contribution in [0.2, 0.25) is 0 Å². The second-order valence-electron chi connectivity index (χ2n) is 22.1. The van der Waals surface area contributed by atoms with Gasteiger partial charge in [0.05, 0.1) is 0 Å². The van der Waals surface area contributed by atoms with E-state index in [-0.39, 0.29) is 113 Å². The van der Waals surface area contributed by atoms with Crippen molar-refractivity contribution in [3.05, 3.63) is 232 Å². The maximum Gasteiger partial charge on any atom is 0.0498 e. The largest absolute Gasteiger partial charge is 0.309 e. The summed E-state index contributed by atoms with van der Waals surface area (Å²) in [6.07, 6.45) is 3.84. The number of halogens is 1. The van der Waals surface area contributed by atoms with Crippen molar-refractivity contribution >= 4 is 45.3 Å². The standard InChI is InChI=1S/C20H20NS.C18H24NS.C15H18NS.C14H15FNS.4Ir/c1-4-16-11-8-12-18(21-16)20(2,3)19-14-13-17(22-19)15-9-6-5-7-10-15;1-7-13-9-8-10-14(19-13)18(5,6)16-12-11-15(20-16)17(2,3)4;1-5-12-7-6-8-13(16-12)15(3,4)14-10-9-11(2)17-14;1-4-10-6-5-7-11(16-10)14(2,3)12-8-9-13(15)17-12;;;;/h5-13H,4H2,1-3H3;8-11H,7H2,1-6H3;6-9H,5H2,1-4H3;5-7,9H,4H2,1-3H3;;;;/q4*-1;;;;. The average molecular weight is 1850 g/mol. The van der Waals surface area contributed by atoms with Crippen LogP contribution in [0.3, 0.4) is 0 Å². The topological polar surface area (TPSA) is 51.6 Å². The minimum Gasteiger partial charge on any atom is -0.309 e. The molecular weight excluding hydrogens is 1780 g/mol. The van der Waals surface area contributed by atoms with Gasteiger partial charge in [0.2, 0.25) is 0 Å². The van der Waals surface area contributed by atoms with E-state index in [1.165, 1.54) is 40.9 Å². The zero-order chi connectivity index (χ0) is 55.5. The normalized spacial score (nSPS) is 11.4. The van der Waals surface area contributed by atoms with Gasteiger partial charge >= 0.3 is 0 Å². The van der Waals surface area contributed by atoms with Crippen LogP contribution in [0.1, 0.15) is 179 Å². The third kappa shape index (κ3) is 19.1. The van der Waals surface area contributed by atoms with Crippen LogP contribution in [0.15, 0.2) is 127 Å². The van der Waals surface area contributed by atoms with Gasteiger partial charge in [0.15, 0.2) is 0 Å². The molecule has 0 amide bonds. The van der Waals surface area contributed by atoms with Crippen molar-refractivity contribution in [1.82, 2.24) is 19.9 Å². The molecule has 436 valence electrons. The van der Waals surface area contributed by atoms with E-state index in [1.807, 2.05) is 46.9 Å². The summed E-state index contributed by atoms with van der Waals surface area (Å²) >= 11 is 6.61. The van der Waals surface area contributed by atoms with Gasteiger partial charge in [0.25, 0.3) is 0 Å². The number of hydrogen-bond donors (Lipinski definition) is 0. The molecular formula is C67H77FIr4N4S4-4. The second-order valence-corrected chi connectivity index (χ2v) is 26.5. The van der Waals surface area contributed by atoms with Gasteiger partial charge in [-0.05, 0) is 74.2 Å². The van der Waals surface area contributed by atoms with E-state index in [0.29, 0.717) is 0 Å². The molecule has 1 aromatic carbocycles. The van der Waals surface area contributed by atoms with Crippen LogP contribution in [0.5, 0.6) is 0 Å². The molecule has 0 bridgehead atoms. The van der Waals surface area contributed by atoms with Gasteiger partial charge in [-0.3, -0.25) is 53.9 Å². The molecule has 0 N–H and O–H groups in total. The Morgan fingerprint density at radius 1 is 0.388 bits per heavy atom. The molecule has 0 aliphatic carbocycles. The number of aryl methyl sites for hydroxylation is 5. The molecule has 0 atom stereocenters. The van der Waals surface area contributed by atoms with E-state index >= 15 is 0 Å². The SMILES string of the molecule is CCc1cccc(C(C)(C)c2[c-]cc(-c3ccccc3)s2)n1.CCc1cccc(C(C)(C)c2[c-]cc(C(C)(C)C)s2)n1.CCc1cccc(C(C)(C)c2[c-]cc(C)s2)n1.CCc1cccc(C(C)(C)c2[c-]cc(F)s2)n1.[Ir].[Ir].[Ir].[Ir]. The molecule has 0 saturated heterocycles. The predicted molar refractivity (Wildman–Crippen MR) is 324 cm³/mol. The summed E-state index contributed by atoms with van der Waals surface area (Å²) in [6, 6.07) is 56.4. The van der Waals surface area contributed by atoms with E-state index in [9.17, 15) is 4.39 Å². The van der Waals surface area contributed by atoms with Crippen LogP contribution in [-0.2, 0) is 133 Å². The molecule has 8 heterocycles. The van der Waals surface area contributed by atoms with Crippen LogP contribution in [0, 0.1) is 36.3 Å². The van der Waals surface area contributed by atoms with E-state index in [1.54, 1.807) is 11.3 Å². The summed E-state index contributed by atoms with van der Waals surface area (Å²) in [5.41, 5.74) is 9.76. The average Bonchev–Trinajstić information content (AvgIpc) is 4.30. The van der Waals surface area contributed by atoms with Crippen molar-refractivity contribution in [1.29, 1.82) is 0 Å². The van der Waals surface area contributed by atoms with E-state index < -0.39 is 0 Å². The van der Waals surface area contributed by atoms with Gasteiger partial charge < -0.3 is 4.39 Å². The monoisotopic (exact) mass is 1860 g/mol. The smallest absolute Gasteiger partial charge is 0.0498 e. The van der Waals surface area contributed by atoms with E-state index in [2.05, 4.69) is 237 Å². The summed E-state index contributed by atoms with van der Waals surface area (Å²) in [6.45, 7) is 34.9. The maximum absolute atomic E-state index is 13.1. The molecule has 0 unspecified atom stereocenters. The van der Waals surface area contributed by atoms with Gasteiger partial charge in [-0.1, -0.05) is 196 Å². The Bertz CT molecular complexity index is 3160. The molecule has 4 radical (unpaired) electrons. The van der Waals surface area contributed by atoms with Gasteiger partial charge in [-0.25, -0.2) is 53.8 Å². The number of hydrogen-bond acceptors (Lipinski definition) is 8. The Balaban J connectivity index is 0.000000361. The number of aromatic nitrogens is 4. The summed E-state index contributed by atoms with van der Waals surface area (Å²) < 4.78 is 13.1. The Labute approximate surface area is 550 Å². The van der Waals surface area contributed by atoms with E-state index in [0.717, 1.165) is 87.4 Å².